The third-order valence-corrected chi connectivity index (χ3v) is 4.61. The van der Waals surface area contributed by atoms with Crippen molar-refractivity contribution in [3.63, 3.8) is 0 Å². The van der Waals surface area contributed by atoms with Crippen LogP contribution in [0.3, 0.4) is 0 Å². The molecule has 0 spiro atoms. The molecule has 1 aromatic carbocycles. The maximum atomic E-state index is 12.0. The first-order valence-electron chi connectivity index (χ1n) is 9.26. The summed E-state index contributed by atoms with van der Waals surface area (Å²) in [5.74, 6) is 0.574. The van der Waals surface area contributed by atoms with E-state index in [1.807, 2.05) is 30.3 Å². The summed E-state index contributed by atoms with van der Waals surface area (Å²) in [4.78, 5) is 18.7. The van der Waals surface area contributed by atoms with Crippen molar-refractivity contribution in [2.24, 2.45) is 4.99 Å². The van der Waals surface area contributed by atoms with Gasteiger partial charge in [0.15, 0.2) is 5.96 Å². The van der Waals surface area contributed by atoms with Crippen LogP contribution in [0.4, 0.5) is 5.69 Å². The number of likely N-dealkylation sites (tertiary alicyclic amines) is 1. The minimum atomic E-state index is -0.0868. The highest BCUT2D eigenvalue weighted by Crippen LogP contribution is 2.18. The molecule has 3 N–H and O–H groups in total. The second-order valence-electron chi connectivity index (χ2n) is 6.36. The Bertz CT molecular complexity index is 546. The molecule has 1 aliphatic heterocycles. The van der Waals surface area contributed by atoms with E-state index in [9.17, 15) is 4.79 Å². The van der Waals surface area contributed by atoms with Crippen molar-refractivity contribution in [2.75, 3.05) is 38.5 Å². The summed E-state index contributed by atoms with van der Waals surface area (Å²) in [6, 6.07) is 10.2. The van der Waals surface area contributed by atoms with Crippen molar-refractivity contribution >= 4 is 17.6 Å². The lowest BCUT2D eigenvalue weighted by Crippen LogP contribution is -2.47. The Kier molecular flexibility index (Phi) is 8.25. The van der Waals surface area contributed by atoms with Crippen molar-refractivity contribution in [1.82, 2.24) is 15.5 Å². The molecule has 1 fully saturated rings. The van der Waals surface area contributed by atoms with E-state index < -0.39 is 0 Å². The van der Waals surface area contributed by atoms with Crippen LogP contribution in [0.2, 0.25) is 0 Å². The van der Waals surface area contributed by atoms with Crippen molar-refractivity contribution < 1.29 is 4.79 Å². The first-order valence-corrected chi connectivity index (χ1v) is 9.26. The molecular weight excluding hydrogens is 314 g/mol. The van der Waals surface area contributed by atoms with Gasteiger partial charge in [0.2, 0.25) is 5.91 Å². The second kappa shape index (κ2) is 10.7. The molecule has 2 rings (SSSR count). The van der Waals surface area contributed by atoms with Gasteiger partial charge in [-0.25, -0.2) is 0 Å². The number of para-hydroxylation sites is 1. The van der Waals surface area contributed by atoms with Gasteiger partial charge in [0.05, 0.1) is 6.54 Å². The summed E-state index contributed by atoms with van der Waals surface area (Å²) in [6.45, 7) is 5.48. The zero-order chi connectivity index (χ0) is 17.9. The average molecular weight is 345 g/mol. The molecule has 1 unspecified atom stereocenters. The van der Waals surface area contributed by atoms with Crippen LogP contribution in [0.1, 0.15) is 32.6 Å². The van der Waals surface area contributed by atoms with Crippen molar-refractivity contribution in [1.29, 1.82) is 0 Å². The monoisotopic (exact) mass is 345 g/mol. The maximum absolute atomic E-state index is 12.0. The maximum Gasteiger partial charge on any atom is 0.243 e. The predicted molar refractivity (Wildman–Crippen MR) is 104 cm³/mol. The summed E-state index contributed by atoms with van der Waals surface area (Å²) in [7, 11) is 1.72. The van der Waals surface area contributed by atoms with Gasteiger partial charge >= 0.3 is 0 Å². The second-order valence-corrected chi connectivity index (χ2v) is 6.36. The average Bonchev–Trinajstić information content (AvgIpc) is 2.65. The molecule has 1 heterocycles. The minimum Gasteiger partial charge on any atom is -0.355 e. The van der Waals surface area contributed by atoms with Gasteiger partial charge in [-0.3, -0.25) is 14.7 Å². The van der Waals surface area contributed by atoms with E-state index in [4.69, 9.17) is 0 Å². The molecule has 0 radical (unpaired) electrons. The van der Waals surface area contributed by atoms with E-state index in [1.165, 1.54) is 32.2 Å². The van der Waals surface area contributed by atoms with E-state index in [2.05, 4.69) is 32.8 Å². The first kappa shape index (κ1) is 19.2. The molecular formula is C19H31N5O. The lowest BCUT2D eigenvalue weighted by atomic mass is 10.0. The summed E-state index contributed by atoms with van der Waals surface area (Å²) >= 11 is 0. The molecule has 25 heavy (non-hydrogen) atoms. The third kappa shape index (κ3) is 6.74. The zero-order valence-electron chi connectivity index (χ0n) is 15.4. The standard InChI is InChI=1S/C19H31N5O/c1-3-17-11-7-8-13-24(17)14-12-21-19(20-2)22-15-18(25)23-16-9-5-4-6-10-16/h4-6,9-10,17H,3,7-8,11-15H2,1-2H3,(H,23,25)(H2,20,21,22). The molecule has 0 aromatic heterocycles. The van der Waals surface area contributed by atoms with Crippen LogP contribution in [0.5, 0.6) is 0 Å². The van der Waals surface area contributed by atoms with Crippen LogP contribution < -0.4 is 16.0 Å². The molecule has 6 nitrogen and oxygen atoms in total. The van der Waals surface area contributed by atoms with Gasteiger partial charge in [0.1, 0.15) is 0 Å². The van der Waals surface area contributed by atoms with Crippen molar-refractivity contribution in [2.45, 2.75) is 38.6 Å². The van der Waals surface area contributed by atoms with Crippen LogP contribution in [0.25, 0.3) is 0 Å². The number of nitrogens with zero attached hydrogens (tertiary/aromatic N) is 2. The molecule has 0 bridgehead atoms. The SMILES string of the molecule is CCC1CCCCN1CCNC(=NC)NCC(=O)Nc1ccccc1. The summed E-state index contributed by atoms with van der Waals surface area (Å²) in [6.07, 6.45) is 5.17. The van der Waals surface area contributed by atoms with Gasteiger partial charge in [-0.1, -0.05) is 31.5 Å². The third-order valence-electron chi connectivity index (χ3n) is 4.61. The van der Waals surface area contributed by atoms with Crippen LogP contribution in [0.15, 0.2) is 35.3 Å². The van der Waals surface area contributed by atoms with Crippen molar-refractivity contribution in [3.8, 4) is 0 Å². The van der Waals surface area contributed by atoms with Gasteiger partial charge in [0.25, 0.3) is 0 Å². The number of anilines is 1. The number of hydrogen-bond acceptors (Lipinski definition) is 3. The van der Waals surface area contributed by atoms with Crippen LogP contribution in [-0.2, 0) is 4.79 Å². The fourth-order valence-corrected chi connectivity index (χ4v) is 3.25. The number of rotatable bonds is 7. The minimum absolute atomic E-state index is 0.0868. The highest BCUT2D eigenvalue weighted by Gasteiger charge is 2.19. The Balaban J connectivity index is 1.67. The lowest BCUT2D eigenvalue weighted by molar-refractivity contribution is -0.115. The molecule has 1 aliphatic rings. The van der Waals surface area contributed by atoms with Crippen LogP contribution >= 0.6 is 0 Å². The number of amides is 1. The van der Waals surface area contributed by atoms with Gasteiger partial charge in [-0.05, 0) is 37.9 Å². The Morgan fingerprint density at radius 3 is 2.76 bits per heavy atom. The number of aliphatic imine (C=N–C) groups is 1. The number of guanidine groups is 1. The largest absolute Gasteiger partial charge is 0.355 e. The zero-order valence-corrected chi connectivity index (χ0v) is 15.4. The van der Waals surface area contributed by atoms with Gasteiger partial charge in [-0.2, -0.15) is 0 Å². The Morgan fingerprint density at radius 2 is 2.04 bits per heavy atom. The summed E-state index contributed by atoms with van der Waals surface area (Å²) in [5, 5.41) is 9.21. The van der Waals surface area contributed by atoms with E-state index in [-0.39, 0.29) is 12.5 Å². The lowest BCUT2D eigenvalue weighted by Gasteiger charge is -2.35. The van der Waals surface area contributed by atoms with E-state index >= 15 is 0 Å². The van der Waals surface area contributed by atoms with Gasteiger partial charge in [0, 0.05) is 31.9 Å². The van der Waals surface area contributed by atoms with E-state index in [1.54, 1.807) is 7.05 Å². The summed E-state index contributed by atoms with van der Waals surface area (Å²) in [5.41, 5.74) is 0.799. The van der Waals surface area contributed by atoms with Gasteiger partial charge in [-0.15, -0.1) is 0 Å². The number of benzene rings is 1. The molecule has 1 saturated heterocycles. The van der Waals surface area contributed by atoms with E-state index in [0.29, 0.717) is 12.0 Å². The normalized spacial score (nSPS) is 18.6. The first-order chi connectivity index (χ1) is 12.2. The topological polar surface area (TPSA) is 68.8 Å². The fraction of sp³-hybridized carbons (Fsp3) is 0.579. The smallest absolute Gasteiger partial charge is 0.243 e. The molecule has 0 saturated carbocycles. The molecule has 0 aliphatic carbocycles. The number of nitrogens with one attached hydrogen (secondary N) is 3. The molecule has 6 heteroatoms. The highest BCUT2D eigenvalue weighted by atomic mass is 16.1. The number of carbonyl (C=O) groups excluding carboxylic acids is 1. The van der Waals surface area contributed by atoms with Crippen LogP contribution in [0, 0.1) is 0 Å². The Hall–Kier alpha value is -2.08. The predicted octanol–water partition coefficient (Wildman–Crippen LogP) is 2.05. The quantitative estimate of drug-likeness (QED) is 0.523. The van der Waals surface area contributed by atoms with Gasteiger partial charge < -0.3 is 16.0 Å². The molecule has 1 aromatic rings. The van der Waals surface area contributed by atoms with Crippen LogP contribution in [-0.4, -0.2) is 56.0 Å². The Morgan fingerprint density at radius 1 is 1.24 bits per heavy atom. The number of hydrogen-bond donors (Lipinski definition) is 3. The highest BCUT2D eigenvalue weighted by molar-refractivity contribution is 5.94. The summed E-state index contributed by atoms with van der Waals surface area (Å²) < 4.78 is 0. The Labute approximate surface area is 151 Å². The van der Waals surface area contributed by atoms with E-state index in [0.717, 1.165) is 18.8 Å². The number of carbonyl (C=O) groups is 1. The molecule has 1 amide bonds. The molecule has 1 atom stereocenters. The van der Waals surface area contributed by atoms with Crippen molar-refractivity contribution in [3.05, 3.63) is 30.3 Å². The molecule has 138 valence electrons. The number of piperidine rings is 1. The fourth-order valence-electron chi connectivity index (χ4n) is 3.25.